The molecule has 2 spiro atoms. The molecule has 55 heavy (non-hydrogen) atoms. The maximum atomic E-state index is 13.4. The third-order valence-corrected chi connectivity index (χ3v) is 11.4. The van der Waals surface area contributed by atoms with Gasteiger partial charge in [0.25, 0.3) is 0 Å². The van der Waals surface area contributed by atoms with Crippen LogP contribution in [0.1, 0.15) is 81.7 Å². The van der Waals surface area contributed by atoms with E-state index in [1.165, 1.54) is 24.3 Å². The fourth-order valence-corrected chi connectivity index (χ4v) is 8.08. The molecule has 0 bridgehead atoms. The molecule has 0 unspecified atom stereocenters. The number of hydrogen-bond donors (Lipinski definition) is 4. The molecule has 4 aliphatic heterocycles. The second kappa shape index (κ2) is 15.6. The van der Waals surface area contributed by atoms with Gasteiger partial charge in [0.2, 0.25) is 0 Å². The highest BCUT2D eigenvalue weighted by atomic mass is 19.1. The molecule has 8 rings (SSSR count). The van der Waals surface area contributed by atoms with E-state index < -0.39 is 11.6 Å². The number of Topliss-reactive ketones (excluding diaryl/α,β-unsaturated/α-hetero) is 2. The fourth-order valence-electron chi connectivity index (χ4n) is 8.08. The molecular formula is C42H46F2N6O5. The molecule has 1 aromatic heterocycles. The van der Waals surface area contributed by atoms with Crippen molar-refractivity contribution in [1.82, 2.24) is 20.4 Å². The molecule has 0 aliphatic carbocycles. The molecular weight excluding hydrogens is 706 g/mol. The Balaban J connectivity index is 0.000000169. The van der Waals surface area contributed by atoms with E-state index in [0.29, 0.717) is 100 Å². The van der Waals surface area contributed by atoms with Gasteiger partial charge in [0.15, 0.2) is 11.6 Å². The van der Waals surface area contributed by atoms with Gasteiger partial charge in [-0.3, -0.25) is 9.59 Å². The van der Waals surface area contributed by atoms with Crippen molar-refractivity contribution in [2.45, 2.75) is 76.5 Å². The lowest BCUT2D eigenvalue weighted by atomic mass is 9.78. The Morgan fingerprint density at radius 1 is 0.709 bits per heavy atom. The fraction of sp³-hybridized carbons (Fsp3) is 0.381. The maximum Gasteiger partial charge on any atom is 0.317 e. The minimum Gasteiger partial charge on any atom is -0.469 e. The Bertz CT molecular complexity index is 2070. The van der Waals surface area contributed by atoms with Crippen LogP contribution in [-0.4, -0.2) is 70.7 Å². The molecule has 2 saturated heterocycles. The molecule has 0 saturated carbocycles. The summed E-state index contributed by atoms with van der Waals surface area (Å²) < 4.78 is 32.2. The van der Waals surface area contributed by atoms with E-state index in [0.717, 1.165) is 22.5 Å². The van der Waals surface area contributed by atoms with Crippen molar-refractivity contribution in [3.8, 4) is 0 Å². The topological polar surface area (TPSA) is 136 Å². The summed E-state index contributed by atoms with van der Waals surface area (Å²) in [5.74, 6) is -0.0677. The summed E-state index contributed by atoms with van der Waals surface area (Å²) in [6.07, 6.45) is 5.08. The Labute approximate surface area is 318 Å². The van der Waals surface area contributed by atoms with Gasteiger partial charge in [-0.1, -0.05) is 30.3 Å². The van der Waals surface area contributed by atoms with Crippen LogP contribution in [0.2, 0.25) is 0 Å². The number of rotatable bonds is 4. The highest BCUT2D eigenvalue weighted by Crippen LogP contribution is 2.39. The van der Waals surface area contributed by atoms with Crippen molar-refractivity contribution < 1.29 is 32.4 Å². The van der Waals surface area contributed by atoms with E-state index in [2.05, 4.69) is 21.3 Å². The summed E-state index contributed by atoms with van der Waals surface area (Å²) in [6.45, 7) is 7.06. The van der Waals surface area contributed by atoms with Crippen LogP contribution in [-0.2, 0) is 13.1 Å². The number of anilines is 2. The number of furan rings is 1. The lowest BCUT2D eigenvalue weighted by Gasteiger charge is -2.45. The van der Waals surface area contributed by atoms with Gasteiger partial charge >= 0.3 is 12.1 Å². The molecule has 5 heterocycles. The van der Waals surface area contributed by atoms with Crippen LogP contribution in [0.4, 0.5) is 29.7 Å². The highest BCUT2D eigenvalue weighted by molar-refractivity contribution is 6.04. The smallest absolute Gasteiger partial charge is 0.317 e. The molecule has 4 amide bonds. The number of amides is 4. The number of urea groups is 2. The third kappa shape index (κ3) is 8.35. The first-order chi connectivity index (χ1) is 26.4. The zero-order valence-corrected chi connectivity index (χ0v) is 31.1. The van der Waals surface area contributed by atoms with Gasteiger partial charge in [-0.15, -0.1) is 0 Å². The Hall–Kier alpha value is -5.72. The lowest BCUT2D eigenvalue weighted by Crippen LogP contribution is -2.55. The molecule has 4 N–H and O–H groups in total. The van der Waals surface area contributed by atoms with Gasteiger partial charge < -0.3 is 35.5 Å². The summed E-state index contributed by atoms with van der Waals surface area (Å²) in [5.41, 5.74) is 4.58. The summed E-state index contributed by atoms with van der Waals surface area (Å²) in [5, 5.41) is 12.8. The van der Waals surface area contributed by atoms with Gasteiger partial charge in [0.05, 0.1) is 6.26 Å². The first kappa shape index (κ1) is 37.6. The van der Waals surface area contributed by atoms with Gasteiger partial charge in [-0.05, 0) is 87.1 Å². The summed E-state index contributed by atoms with van der Waals surface area (Å²) in [4.78, 5) is 53.5. The van der Waals surface area contributed by atoms with Crippen LogP contribution < -0.4 is 21.3 Å². The molecule has 288 valence electrons. The lowest BCUT2D eigenvalue weighted by molar-refractivity contribution is 0.0904. The predicted molar refractivity (Wildman–Crippen MR) is 204 cm³/mol. The first-order valence-corrected chi connectivity index (χ1v) is 18.8. The van der Waals surface area contributed by atoms with Gasteiger partial charge in [0.1, 0.15) is 17.4 Å². The van der Waals surface area contributed by atoms with Crippen LogP contribution in [0.5, 0.6) is 0 Å². The molecule has 3 aromatic carbocycles. The Morgan fingerprint density at radius 2 is 1.18 bits per heavy atom. The number of carbonyl (C=O) groups excluding carboxylic acids is 4. The van der Waals surface area contributed by atoms with Crippen LogP contribution in [0.25, 0.3) is 0 Å². The third-order valence-electron chi connectivity index (χ3n) is 11.4. The normalized spacial score (nSPS) is 18.0. The largest absolute Gasteiger partial charge is 0.469 e. The van der Waals surface area contributed by atoms with Crippen LogP contribution in [0, 0.1) is 25.5 Å². The van der Waals surface area contributed by atoms with Crippen molar-refractivity contribution >= 4 is 35.0 Å². The number of halogens is 2. The zero-order valence-electron chi connectivity index (χ0n) is 31.1. The summed E-state index contributed by atoms with van der Waals surface area (Å²) >= 11 is 0. The number of ketones is 2. The summed E-state index contributed by atoms with van der Waals surface area (Å²) in [7, 11) is 0. The minimum atomic E-state index is -0.403. The average Bonchev–Trinajstić information content (AvgIpc) is 3.50. The molecule has 4 aromatic rings. The number of likely N-dealkylation sites (tertiary alicyclic amines) is 2. The number of carbonyl (C=O) groups is 4. The number of benzene rings is 3. The second-order valence-corrected chi connectivity index (χ2v) is 15.1. The monoisotopic (exact) mass is 752 g/mol. The maximum absolute atomic E-state index is 13.4. The SMILES string of the molecule is Cc1coc(C)c1CNC(=O)N1CCC2(CC1)CC(=O)c1cc(F)ccc1N2.O=C1CC2(CCN(C(=O)NCc3ccccc3)CC2)Nc2ccc(F)cc21. The van der Waals surface area contributed by atoms with E-state index in [9.17, 15) is 28.0 Å². The standard InChI is InChI=1S/C21H24FN3O3.C21H22FN3O2/c1-13-12-28-14(2)17(13)11-23-20(27)25-7-5-21(6-8-25)10-19(26)16-9-15(22)3-4-18(16)24-21;22-16-6-7-18-17(12-16)19(26)13-21(24-18)8-10-25(11-9-21)20(27)23-14-15-4-2-1-3-5-15/h3-4,9,12,24H,5-8,10-11H2,1-2H3,(H,23,27);1-7,12,24H,8-11,13-14H2,(H,23,27). The zero-order chi connectivity index (χ0) is 38.7. The second-order valence-electron chi connectivity index (χ2n) is 15.1. The van der Waals surface area contributed by atoms with E-state index in [1.54, 1.807) is 28.2 Å². The number of hydrogen-bond acceptors (Lipinski definition) is 7. The van der Waals surface area contributed by atoms with E-state index >= 15 is 0 Å². The van der Waals surface area contributed by atoms with Gasteiger partial charge in [0, 0.05) is 91.3 Å². The van der Waals surface area contributed by atoms with Crippen LogP contribution in [0.3, 0.4) is 0 Å². The summed E-state index contributed by atoms with van der Waals surface area (Å²) in [6, 6.07) is 18.2. The first-order valence-electron chi connectivity index (χ1n) is 18.8. The molecule has 2 fully saturated rings. The Morgan fingerprint density at radius 3 is 1.64 bits per heavy atom. The van der Waals surface area contributed by atoms with Gasteiger partial charge in [-0.2, -0.15) is 0 Å². The predicted octanol–water partition coefficient (Wildman–Crippen LogP) is 7.35. The van der Waals surface area contributed by atoms with Crippen LogP contribution >= 0.6 is 0 Å². The minimum absolute atomic E-state index is 0.0368. The Kier molecular flexibility index (Phi) is 10.6. The molecule has 13 heteroatoms. The number of piperidine rings is 2. The van der Waals surface area contributed by atoms with Crippen molar-refractivity contribution in [2.24, 2.45) is 0 Å². The van der Waals surface area contributed by atoms with Crippen molar-refractivity contribution in [3.63, 3.8) is 0 Å². The number of nitrogens with one attached hydrogen (secondary N) is 4. The van der Waals surface area contributed by atoms with Gasteiger partial charge in [-0.25, -0.2) is 18.4 Å². The molecule has 0 atom stereocenters. The number of fused-ring (bicyclic) bond motifs is 2. The molecule has 0 radical (unpaired) electrons. The van der Waals surface area contributed by atoms with Crippen molar-refractivity contribution in [1.29, 1.82) is 0 Å². The number of nitrogens with zero attached hydrogens (tertiary/aromatic N) is 2. The molecule has 11 nitrogen and oxygen atoms in total. The van der Waals surface area contributed by atoms with E-state index in [1.807, 2.05) is 44.2 Å². The highest BCUT2D eigenvalue weighted by Gasteiger charge is 2.43. The van der Waals surface area contributed by atoms with Crippen molar-refractivity contribution in [3.05, 3.63) is 118 Å². The van der Waals surface area contributed by atoms with Crippen molar-refractivity contribution in [2.75, 3.05) is 36.8 Å². The number of aryl methyl sites for hydroxylation is 2. The molecule has 4 aliphatic rings. The quantitative estimate of drug-likeness (QED) is 0.171. The van der Waals surface area contributed by atoms with E-state index in [-0.39, 0.29) is 34.7 Å². The average molecular weight is 753 g/mol. The van der Waals surface area contributed by atoms with E-state index in [4.69, 9.17) is 4.42 Å². The van der Waals surface area contributed by atoms with Crippen LogP contribution in [0.15, 0.2) is 77.4 Å².